The predicted octanol–water partition coefficient (Wildman–Crippen LogP) is 3.04. The van der Waals surface area contributed by atoms with Gasteiger partial charge in [0.25, 0.3) is 0 Å². The zero-order chi connectivity index (χ0) is 17.8. The van der Waals surface area contributed by atoms with E-state index >= 15 is 0 Å². The number of rotatable bonds is 3. The lowest BCUT2D eigenvalue weighted by molar-refractivity contribution is -0.132. The van der Waals surface area contributed by atoms with Gasteiger partial charge in [-0.05, 0) is 42.8 Å². The minimum atomic E-state index is -0.813. The Morgan fingerprint density at radius 1 is 0.960 bits per heavy atom. The largest absolute Gasteiger partial charge is 0.318 e. The minimum Gasteiger partial charge on any atom is -0.318 e. The van der Waals surface area contributed by atoms with Gasteiger partial charge in [-0.15, -0.1) is 0 Å². The number of nitrogens with zero attached hydrogens (tertiary/aromatic N) is 1. The molecule has 0 bridgehead atoms. The zero-order valence-corrected chi connectivity index (χ0v) is 14.0. The number of halogens is 1. The van der Waals surface area contributed by atoms with Gasteiger partial charge in [0, 0.05) is 24.3 Å². The van der Waals surface area contributed by atoms with E-state index in [1.54, 1.807) is 53.4 Å². The quantitative estimate of drug-likeness (QED) is 0.829. The predicted molar refractivity (Wildman–Crippen MR) is 96.7 cm³/mol. The van der Waals surface area contributed by atoms with Crippen LogP contribution >= 0.6 is 11.6 Å². The molecule has 25 heavy (non-hydrogen) atoms. The summed E-state index contributed by atoms with van der Waals surface area (Å²) in [5, 5.41) is 5.32. The summed E-state index contributed by atoms with van der Waals surface area (Å²) in [5.41, 5.74) is 1.61. The van der Waals surface area contributed by atoms with Crippen molar-refractivity contribution in [3.63, 3.8) is 0 Å². The molecular formula is C18H16ClN3O3. The molecule has 1 fully saturated rings. The second-order valence-electron chi connectivity index (χ2n) is 5.58. The molecule has 0 atom stereocenters. The van der Waals surface area contributed by atoms with Gasteiger partial charge in [0.1, 0.15) is 0 Å². The summed E-state index contributed by atoms with van der Waals surface area (Å²) >= 11 is 5.95. The van der Waals surface area contributed by atoms with Gasteiger partial charge in [-0.1, -0.05) is 23.7 Å². The molecule has 0 aromatic heterocycles. The summed E-state index contributed by atoms with van der Waals surface area (Å²) in [5.74, 6) is -1.52. The molecule has 0 spiro atoms. The van der Waals surface area contributed by atoms with Crippen LogP contribution in [-0.4, -0.2) is 24.3 Å². The van der Waals surface area contributed by atoms with Crippen molar-refractivity contribution in [2.45, 2.75) is 12.8 Å². The summed E-state index contributed by atoms with van der Waals surface area (Å²) in [6.07, 6.45) is 1.40. The van der Waals surface area contributed by atoms with Crippen molar-refractivity contribution < 1.29 is 14.4 Å². The fraction of sp³-hybridized carbons (Fsp3) is 0.167. The van der Waals surface area contributed by atoms with Crippen molar-refractivity contribution in [1.82, 2.24) is 0 Å². The number of carbonyl (C=O) groups excluding carboxylic acids is 3. The standard InChI is InChI=1S/C18H16ClN3O3/c19-14-4-1-2-5-15(14)21-18(25)17(24)20-12-7-9-13(10-8-12)22-11-3-6-16(22)23/h1-2,4-5,7-10H,3,6,11H2,(H,20,24)(H,21,25). The molecule has 1 heterocycles. The van der Waals surface area contributed by atoms with Crippen LogP contribution in [0.15, 0.2) is 48.5 Å². The normalized spacial score (nSPS) is 13.6. The van der Waals surface area contributed by atoms with Crippen LogP contribution in [0.1, 0.15) is 12.8 Å². The Kier molecular flexibility index (Phi) is 5.00. The molecule has 3 amide bonds. The van der Waals surface area contributed by atoms with E-state index in [-0.39, 0.29) is 5.91 Å². The van der Waals surface area contributed by atoms with Crippen LogP contribution in [0.2, 0.25) is 5.02 Å². The van der Waals surface area contributed by atoms with Crippen molar-refractivity contribution in [3.8, 4) is 0 Å². The summed E-state index contributed by atoms with van der Waals surface area (Å²) in [6, 6.07) is 13.4. The minimum absolute atomic E-state index is 0.0934. The van der Waals surface area contributed by atoms with Gasteiger partial charge in [-0.3, -0.25) is 14.4 Å². The topological polar surface area (TPSA) is 78.5 Å². The lowest BCUT2D eigenvalue weighted by Crippen LogP contribution is -2.29. The maximum Gasteiger partial charge on any atom is 0.314 e. The van der Waals surface area contributed by atoms with E-state index in [9.17, 15) is 14.4 Å². The lowest BCUT2D eigenvalue weighted by atomic mass is 10.2. The number of nitrogens with one attached hydrogen (secondary N) is 2. The molecule has 1 aliphatic rings. The van der Waals surface area contributed by atoms with Crippen LogP contribution in [0.3, 0.4) is 0 Å². The fourth-order valence-electron chi connectivity index (χ4n) is 2.58. The van der Waals surface area contributed by atoms with E-state index < -0.39 is 11.8 Å². The highest BCUT2D eigenvalue weighted by molar-refractivity contribution is 6.44. The maximum absolute atomic E-state index is 12.0. The highest BCUT2D eigenvalue weighted by atomic mass is 35.5. The number of para-hydroxylation sites is 1. The van der Waals surface area contributed by atoms with Gasteiger partial charge in [0.15, 0.2) is 0 Å². The molecule has 2 aromatic carbocycles. The summed E-state index contributed by atoms with van der Waals surface area (Å²) < 4.78 is 0. The molecule has 7 heteroatoms. The molecule has 3 rings (SSSR count). The number of hydrogen-bond donors (Lipinski definition) is 2. The molecular weight excluding hydrogens is 342 g/mol. The number of amides is 3. The molecule has 0 saturated carbocycles. The number of hydrogen-bond acceptors (Lipinski definition) is 3. The van der Waals surface area contributed by atoms with Crippen molar-refractivity contribution in [3.05, 3.63) is 53.6 Å². The van der Waals surface area contributed by atoms with Crippen LogP contribution in [0, 0.1) is 0 Å². The van der Waals surface area contributed by atoms with E-state index in [1.807, 2.05) is 0 Å². The van der Waals surface area contributed by atoms with Crippen molar-refractivity contribution in [2.75, 3.05) is 22.1 Å². The van der Waals surface area contributed by atoms with Crippen LogP contribution in [0.4, 0.5) is 17.1 Å². The van der Waals surface area contributed by atoms with Gasteiger partial charge < -0.3 is 15.5 Å². The SMILES string of the molecule is O=C(Nc1ccc(N2CCCC2=O)cc1)C(=O)Nc1ccccc1Cl. The van der Waals surface area contributed by atoms with E-state index in [1.165, 1.54) is 0 Å². The Morgan fingerprint density at radius 3 is 2.28 bits per heavy atom. The van der Waals surface area contributed by atoms with Crippen LogP contribution in [-0.2, 0) is 14.4 Å². The second-order valence-corrected chi connectivity index (χ2v) is 5.99. The van der Waals surface area contributed by atoms with Crippen molar-refractivity contribution >= 4 is 46.4 Å². The monoisotopic (exact) mass is 357 g/mol. The summed E-state index contributed by atoms with van der Waals surface area (Å²) in [6.45, 7) is 0.699. The first-order chi connectivity index (χ1) is 12.0. The van der Waals surface area contributed by atoms with E-state index in [0.29, 0.717) is 29.4 Å². The Hall–Kier alpha value is -2.86. The van der Waals surface area contributed by atoms with Gasteiger partial charge in [0.05, 0.1) is 10.7 Å². The average Bonchev–Trinajstić information content (AvgIpc) is 3.03. The molecule has 0 aliphatic carbocycles. The molecule has 1 aliphatic heterocycles. The van der Waals surface area contributed by atoms with Gasteiger partial charge in [-0.2, -0.15) is 0 Å². The number of carbonyl (C=O) groups is 3. The Morgan fingerprint density at radius 2 is 1.64 bits per heavy atom. The molecule has 128 valence electrons. The molecule has 0 radical (unpaired) electrons. The highest BCUT2D eigenvalue weighted by Gasteiger charge is 2.21. The second kappa shape index (κ2) is 7.36. The summed E-state index contributed by atoms with van der Waals surface area (Å²) in [4.78, 5) is 37.4. The molecule has 0 unspecified atom stereocenters. The van der Waals surface area contributed by atoms with E-state index in [0.717, 1.165) is 12.1 Å². The van der Waals surface area contributed by atoms with Crippen LogP contribution in [0.5, 0.6) is 0 Å². The highest BCUT2D eigenvalue weighted by Crippen LogP contribution is 2.23. The Balaban J connectivity index is 1.61. The van der Waals surface area contributed by atoms with Crippen LogP contribution in [0.25, 0.3) is 0 Å². The van der Waals surface area contributed by atoms with Crippen LogP contribution < -0.4 is 15.5 Å². The smallest absolute Gasteiger partial charge is 0.314 e. The lowest BCUT2D eigenvalue weighted by Gasteiger charge is -2.16. The third-order valence-corrected chi connectivity index (χ3v) is 4.17. The molecule has 6 nitrogen and oxygen atoms in total. The first kappa shape index (κ1) is 17.0. The third kappa shape index (κ3) is 3.97. The van der Waals surface area contributed by atoms with E-state index in [2.05, 4.69) is 10.6 Å². The number of benzene rings is 2. The first-order valence-corrected chi connectivity index (χ1v) is 8.20. The summed E-state index contributed by atoms with van der Waals surface area (Å²) in [7, 11) is 0. The van der Waals surface area contributed by atoms with Gasteiger partial charge in [0.2, 0.25) is 5.91 Å². The maximum atomic E-state index is 12.0. The Bertz CT molecular complexity index is 821. The Labute approximate surface area is 149 Å². The fourth-order valence-corrected chi connectivity index (χ4v) is 2.76. The van der Waals surface area contributed by atoms with Crippen molar-refractivity contribution in [2.24, 2.45) is 0 Å². The van der Waals surface area contributed by atoms with Crippen molar-refractivity contribution in [1.29, 1.82) is 0 Å². The average molecular weight is 358 g/mol. The zero-order valence-electron chi connectivity index (χ0n) is 13.3. The van der Waals surface area contributed by atoms with Gasteiger partial charge >= 0.3 is 11.8 Å². The third-order valence-electron chi connectivity index (χ3n) is 3.84. The molecule has 2 aromatic rings. The first-order valence-electron chi connectivity index (χ1n) is 7.82. The van der Waals surface area contributed by atoms with E-state index in [4.69, 9.17) is 11.6 Å². The van der Waals surface area contributed by atoms with Gasteiger partial charge in [-0.25, -0.2) is 0 Å². The molecule has 2 N–H and O–H groups in total. The number of anilines is 3. The molecule has 1 saturated heterocycles.